The highest BCUT2D eigenvalue weighted by Crippen LogP contribution is 2.18. The Kier molecular flexibility index (Phi) is 5.87. The Balaban J connectivity index is 2.08. The molecule has 7 heteroatoms. The van der Waals surface area contributed by atoms with Crippen molar-refractivity contribution in [2.75, 3.05) is 39.6 Å². The first-order valence-corrected chi connectivity index (χ1v) is 7.26. The molecule has 2 aromatic rings. The number of likely N-dealkylation sites (N-methyl/N-ethyl adjacent to an activating group) is 1. The number of para-hydroxylation sites is 1. The maximum atomic E-state index is 12.2. The molecule has 0 spiro atoms. The molecule has 0 aliphatic heterocycles. The highest BCUT2D eigenvalue weighted by atomic mass is 16.5. The summed E-state index contributed by atoms with van der Waals surface area (Å²) < 4.78 is 5.21. The van der Waals surface area contributed by atoms with Gasteiger partial charge >= 0.3 is 0 Å². The highest BCUT2D eigenvalue weighted by molar-refractivity contribution is 5.96. The van der Waals surface area contributed by atoms with Crippen molar-refractivity contribution in [3.8, 4) is 5.88 Å². The number of carbonyl (C=O) groups excluding carboxylic acids is 1. The largest absolute Gasteiger partial charge is 0.480 e. The van der Waals surface area contributed by atoms with Crippen LogP contribution in [0.5, 0.6) is 5.88 Å². The molecule has 1 heterocycles. The standard InChI is InChI=1S/C16H21N5O2/c1-21(2)10-9-17-14(22)13-11-18-16(20-15(13)23-3)19-12-7-5-4-6-8-12/h4-8,11H,9-10H2,1-3H3,(H,17,22)(H,18,19,20). The molecule has 2 rings (SSSR count). The van der Waals surface area contributed by atoms with Gasteiger partial charge in [-0.05, 0) is 26.2 Å². The van der Waals surface area contributed by atoms with E-state index in [1.807, 2.05) is 49.3 Å². The number of benzene rings is 1. The molecular formula is C16H21N5O2. The van der Waals surface area contributed by atoms with Gasteiger partial charge in [0.25, 0.3) is 5.91 Å². The number of ether oxygens (including phenoxy) is 1. The van der Waals surface area contributed by atoms with Gasteiger partial charge in [0.2, 0.25) is 11.8 Å². The van der Waals surface area contributed by atoms with E-state index in [1.165, 1.54) is 13.3 Å². The lowest BCUT2D eigenvalue weighted by Crippen LogP contribution is -2.31. The van der Waals surface area contributed by atoms with Crippen molar-refractivity contribution < 1.29 is 9.53 Å². The van der Waals surface area contributed by atoms with Crippen molar-refractivity contribution in [3.05, 3.63) is 42.1 Å². The van der Waals surface area contributed by atoms with Gasteiger partial charge in [-0.1, -0.05) is 18.2 Å². The van der Waals surface area contributed by atoms with Crippen LogP contribution in [0.3, 0.4) is 0 Å². The lowest BCUT2D eigenvalue weighted by Gasteiger charge is -2.12. The van der Waals surface area contributed by atoms with Crippen molar-refractivity contribution in [3.63, 3.8) is 0 Å². The van der Waals surface area contributed by atoms with Crippen LogP contribution in [-0.2, 0) is 0 Å². The number of nitrogens with one attached hydrogen (secondary N) is 2. The summed E-state index contributed by atoms with van der Waals surface area (Å²) in [5.74, 6) is 0.355. The molecular weight excluding hydrogens is 294 g/mol. The van der Waals surface area contributed by atoms with Gasteiger partial charge in [0, 0.05) is 25.0 Å². The molecule has 0 aliphatic rings. The number of methoxy groups -OCH3 is 1. The fourth-order valence-electron chi connectivity index (χ4n) is 1.88. The molecule has 122 valence electrons. The topological polar surface area (TPSA) is 79.4 Å². The molecule has 0 unspecified atom stereocenters. The van der Waals surface area contributed by atoms with E-state index < -0.39 is 0 Å². The Morgan fingerprint density at radius 1 is 1.26 bits per heavy atom. The van der Waals surface area contributed by atoms with Crippen LogP contribution in [0.15, 0.2) is 36.5 Å². The zero-order valence-corrected chi connectivity index (χ0v) is 13.5. The van der Waals surface area contributed by atoms with Crippen LogP contribution in [0.4, 0.5) is 11.6 Å². The first-order valence-electron chi connectivity index (χ1n) is 7.26. The van der Waals surface area contributed by atoms with E-state index in [9.17, 15) is 4.79 Å². The van der Waals surface area contributed by atoms with Crippen LogP contribution in [0.2, 0.25) is 0 Å². The number of hydrogen-bond acceptors (Lipinski definition) is 6. The minimum Gasteiger partial charge on any atom is -0.480 e. The first kappa shape index (κ1) is 16.7. The van der Waals surface area contributed by atoms with E-state index in [1.54, 1.807) is 0 Å². The number of rotatable bonds is 7. The molecule has 2 N–H and O–H groups in total. The van der Waals surface area contributed by atoms with Gasteiger partial charge in [0.05, 0.1) is 7.11 Å². The van der Waals surface area contributed by atoms with E-state index in [4.69, 9.17) is 4.74 Å². The maximum Gasteiger partial charge on any atom is 0.258 e. The summed E-state index contributed by atoms with van der Waals surface area (Å²) in [4.78, 5) is 22.6. The summed E-state index contributed by atoms with van der Waals surface area (Å²) in [5, 5.41) is 5.88. The molecule has 0 atom stereocenters. The van der Waals surface area contributed by atoms with E-state index in [0.29, 0.717) is 18.1 Å². The van der Waals surface area contributed by atoms with Gasteiger partial charge in [-0.2, -0.15) is 4.98 Å². The second kappa shape index (κ2) is 8.09. The third kappa shape index (κ3) is 4.93. The molecule has 0 saturated heterocycles. The molecule has 23 heavy (non-hydrogen) atoms. The van der Waals surface area contributed by atoms with Crippen LogP contribution in [0.25, 0.3) is 0 Å². The van der Waals surface area contributed by atoms with Crippen LogP contribution in [0.1, 0.15) is 10.4 Å². The number of amides is 1. The zero-order chi connectivity index (χ0) is 16.7. The van der Waals surface area contributed by atoms with E-state index >= 15 is 0 Å². The minimum atomic E-state index is -0.255. The number of nitrogens with zero attached hydrogens (tertiary/aromatic N) is 3. The van der Waals surface area contributed by atoms with E-state index in [-0.39, 0.29) is 11.8 Å². The van der Waals surface area contributed by atoms with Gasteiger partial charge in [-0.3, -0.25) is 4.79 Å². The van der Waals surface area contributed by atoms with Crippen LogP contribution in [-0.4, -0.2) is 55.1 Å². The van der Waals surface area contributed by atoms with Gasteiger partial charge < -0.3 is 20.3 Å². The summed E-state index contributed by atoms with van der Waals surface area (Å²) >= 11 is 0. The maximum absolute atomic E-state index is 12.2. The third-order valence-electron chi connectivity index (χ3n) is 3.07. The Hall–Kier alpha value is -2.67. The third-order valence-corrected chi connectivity index (χ3v) is 3.07. The number of carbonyl (C=O) groups is 1. The lowest BCUT2D eigenvalue weighted by molar-refractivity contribution is 0.0947. The number of aromatic nitrogens is 2. The summed E-state index contributed by atoms with van der Waals surface area (Å²) in [5.41, 5.74) is 1.17. The molecule has 0 aliphatic carbocycles. The Bertz CT molecular complexity index is 646. The summed E-state index contributed by atoms with van der Waals surface area (Å²) in [6.45, 7) is 1.29. The second-order valence-corrected chi connectivity index (χ2v) is 5.17. The van der Waals surface area contributed by atoms with E-state index in [2.05, 4.69) is 20.6 Å². The van der Waals surface area contributed by atoms with Crippen molar-refractivity contribution in [2.45, 2.75) is 0 Å². The van der Waals surface area contributed by atoms with E-state index in [0.717, 1.165) is 12.2 Å². The van der Waals surface area contributed by atoms with Crippen LogP contribution >= 0.6 is 0 Å². The molecule has 7 nitrogen and oxygen atoms in total. The number of hydrogen-bond donors (Lipinski definition) is 2. The summed E-state index contributed by atoms with van der Waals surface area (Å²) in [7, 11) is 5.37. The average Bonchev–Trinajstić information content (AvgIpc) is 2.55. The smallest absolute Gasteiger partial charge is 0.258 e. The van der Waals surface area contributed by atoms with Crippen LogP contribution < -0.4 is 15.4 Å². The highest BCUT2D eigenvalue weighted by Gasteiger charge is 2.15. The van der Waals surface area contributed by atoms with Gasteiger partial charge in [-0.25, -0.2) is 4.98 Å². The molecule has 0 bridgehead atoms. The van der Waals surface area contributed by atoms with Crippen molar-refractivity contribution >= 4 is 17.5 Å². The van der Waals surface area contributed by atoms with Gasteiger partial charge in [0.1, 0.15) is 5.56 Å². The SMILES string of the molecule is COc1nc(Nc2ccccc2)ncc1C(=O)NCCN(C)C. The fraction of sp³-hybridized carbons (Fsp3) is 0.312. The second-order valence-electron chi connectivity index (χ2n) is 5.17. The van der Waals surface area contributed by atoms with Gasteiger partial charge in [-0.15, -0.1) is 0 Å². The monoisotopic (exact) mass is 315 g/mol. The molecule has 1 amide bonds. The minimum absolute atomic E-state index is 0.237. The fourth-order valence-corrected chi connectivity index (χ4v) is 1.88. The average molecular weight is 315 g/mol. The molecule has 1 aromatic carbocycles. The predicted octanol–water partition coefficient (Wildman–Crippen LogP) is 1.52. The quantitative estimate of drug-likeness (QED) is 0.806. The van der Waals surface area contributed by atoms with Crippen molar-refractivity contribution in [1.29, 1.82) is 0 Å². The molecule has 0 fully saturated rings. The van der Waals surface area contributed by atoms with Gasteiger partial charge in [0.15, 0.2) is 0 Å². The number of anilines is 2. The molecule has 0 saturated carbocycles. The zero-order valence-electron chi connectivity index (χ0n) is 13.5. The Morgan fingerprint density at radius 3 is 2.65 bits per heavy atom. The normalized spacial score (nSPS) is 10.4. The first-order chi connectivity index (χ1) is 11.1. The van der Waals surface area contributed by atoms with Crippen LogP contribution in [0, 0.1) is 0 Å². The van der Waals surface area contributed by atoms with Crippen molar-refractivity contribution in [2.24, 2.45) is 0 Å². The summed E-state index contributed by atoms with van der Waals surface area (Å²) in [6, 6.07) is 9.54. The molecule has 0 radical (unpaired) electrons. The summed E-state index contributed by atoms with van der Waals surface area (Å²) in [6.07, 6.45) is 1.46. The molecule has 1 aromatic heterocycles. The predicted molar refractivity (Wildman–Crippen MR) is 89.2 cm³/mol. The van der Waals surface area contributed by atoms with Crippen molar-refractivity contribution in [1.82, 2.24) is 20.2 Å². The Morgan fingerprint density at radius 2 is 2.00 bits per heavy atom. The lowest BCUT2D eigenvalue weighted by atomic mass is 10.3. The Labute approximate surface area is 135 Å².